The van der Waals surface area contributed by atoms with Gasteiger partial charge in [0.25, 0.3) is 0 Å². The van der Waals surface area contributed by atoms with Gasteiger partial charge in [-0.05, 0) is 88.4 Å². The average molecular weight is 466 g/mol. The topological polar surface area (TPSA) is 12.0 Å². The van der Waals surface area contributed by atoms with Gasteiger partial charge in [-0.25, -0.2) is 0 Å². The molecule has 2 aliphatic carbocycles. The second-order valence-corrected chi connectivity index (χ2v) is 13.1. The molecule has 2 aliphatic rings. The van der Waals surface area contributed by atoms with Gasteiger partial charge < -0.3 is 5.32 Å². The highest BCUT2D eigenvalue weighted by Crippen LogP contribution is 2.53. The SMILES string of the molecule is Cc1cc2c(cc1Nc1cccc3c1-c1ccccc1C3(C)C)C(C)(C)CCC2(C)CCC(C)C. The van der Waals surface area contributed by atoms with E-state index in [9.17, 15) is 0 Å². The lowest BCUT2D eigenvalue weighted by atomic mass is 9.60. The largest absolute Gasteiger partial charge is 0.355 e. The molecule has 1 unspecified atom stereocenters. The molecule has 184 valence electrons. The third kappa shape index (κ3) is 3.92. The Kier molecular flexibility index (Phi) is 5.70. The molecule has 0 radical (unpaired) electrons. The van der Waals surface area contributed by atoms with E-state index in [4.69, 9.17) is 0 Å². The monoisotopic (exact) mass is 465 g/mol. The van der Waals surface area contributed by atoms with Crippen molar-refractivity contribution in [3.05, 3.63) is 82.4 Å². The lowest BCUT2D eigenvalue weighted by molar-refractivity contribution is 0.281. The molecule has 0 aromatic heterocycles. The summed E-state index contributed by atoms with van der Waals surface area (Å²) in [5.74, 6) is 0.750. The van der Waals surface area contributed by atoms with Crippen molar-refractivity contribution >= 4 is 11.4 Å². The predicted octanol–water partition coefficient (Wildman–Crippen LogP) is 9.81. The molecular formula is C34H43N. The minimum Gasteiger partial charge on any atom is -0.355 e. The second-order valence-electron chi connectivity index (χ2n) is 13.1. The van der Waals surface area contributed by atoms with Crippen molar-refractivity contribution in [1.29, 1.82) is 0 Å². The third-order valence-corrected chi connectivity index (χ3v) is 9.20. The molecule has 0 heterocycles. The smallest absolute Gasteiger partial charge is 0.0467 e. The molecular weight excluding hydrogens is 422 g/mol. The molecule has 0 fully saturated rings. The maximum Gasteiger partial charge on any atom is 0.0467 e. The molecule has 0 bridgehead atoms. The quantitative estimate of drug-likeness (QED) is 0.395. The van der Waals surface area contributed by atoms with Crippen LogP contribution in [0, 0.1) is 12.8 Å². The number of rotatable bonds is 5. The predicted molar refractivity (Wildman–Crippen MR) is 152 cm³/mol. The van der Waals surface area contributed by atoms with E-state index in [1.165, 1.54) is 70.4 Å². The van der Waals surface area contributed by atoms with E-state index >= 15 is 0 Å². The lowest BCUT2D eigenvalue weighted by Crippen LogP contribution is -2.36. The van der Waals surface area contributed by atoms with E-state index in [0.29, 0.717) is 0 Å². The standard InChI is InChI=1S/C34H43N/c1-22(2)16-17-34(8)19-18-32(4,5)27-21-30(23(3)20-28(27)34)35-29-15-11-14-26-31(29)24-12-9-10-13-25(24)33(26,6)7/h9-15,20-22,35H,16-19H2,1-8H3. The van der Waals surface area contributed by atoms with Crippen LogP contribution in [0.5, 0.6) is 0 Å². The van der Waals surface area contributed by atoms with Crippen LogP contribution >= 0.6 is 0 Å². The number of anilines is 2. The number of nitrogens with one attached hydrogen (secondary N) is 1. The van der Waals surface area contributed by atoms with Gasteiger partial charge in [-0.1, -0.05) is 97.4 Å². The Morgan fingerprint density at radius 2 is 1.49 bits per heavy atom. The Labute approximate surface area is 213 Å². The Morgan fingerprint density at radius 1 is 0.771 bits per heavy atom. The summed E-state index contributed by atoms with van der Waals surface area (Å²) in [4.78, 5) is 0. The minimum atomic E-state index is 0.0226. The van der Waals surface area contributed by atoms with Crippen LogP contribution in [0.4, 0.5) is 11.4 Å². The zero-order valence-electron chi connectivity index (χ0n) is 23.1. The Bertz CT molecular complexity index is 1280. The van der Waals surface area contributed by atoms with Gasteiger partial charge >= 0.3 is 0 Å². The molecule has 35 heavy (non-hydrogen) atoms. The third-order valence-electron chi connectivity index (χ3n) is 9.20. The fourth-order valence-corrected chi connectivity index (χ4v) is 6.63. The molecule has 0 amide bonds. The molecule has 3 aromatic carbocycles. The highest BCUT2D eigenvalue weighted by molar-refractivity contribution is 5.91. The molecule has 0 spiro atoms. The number of benzene rings is 3. The van der Waals surface area contributed by atoms with Crippen molar-refractivity contribution in [3.8, 4) is 11.1 Å². The normalized spacial score (nSPS) is 21.4. The molecule has 5 rings (SSSR count). The van der Waals surface area contributed by atoms with Gasteiger partial charge in [0.05, 0.1) is 0 Å². The summed E-state index contributed by atoms with van der Waals surface area (Å²) in [6, 6.07) is 20.7. The molecule has 1 heteroatoms. The van der Waals surface area contributed by atoms with Crippen LogP contribution in [0.15, 0.2) is 54.6 Å². The van der Waals surface area contributed by atoms with Crippen molar-refractivity contribution in [2.24, 2.45) is 5.92 Å². The fourth-order valence-electron chi connectivity index (χ4n) is 6.63. The van der Waals surface area contributed by atoms with Crippen molar-refractivity contribution in [2.75, 3.05) is 5.32 Å². The van der Waals surface area contributed by atoms with Crippen molar-refractivity contribution in [2.45, 2.75) is 97.3 Å². The van der Waals surface area contributed by atoms with E-state index < -0.39 is 0 Å². The maximum absolute atomic E-state index is 3.92. The lowest BCUT2D eigenvalue weighted by Gasteiger charge is -2.44. The van der Waals surface area contributed by atoms with E-state index in [0.717, 1.165) is 5.92 Å². The van der Waals surface area contributed by atoms with Gasteiger partial charge in [0.2, 0.25) is 0 Å². The van der Waals surface area contributed by atoms with Crippen LogP contribution in [0.1, 0.15) is 102 Å². The zero-order valence-corrected chi connectivity index (χ0v) is 23.1. The van der Waals surface area contributed by atoms with E-state index in [1.807, 2.05) is 0 Å². The van der Waals surface area contributed by atoms with Gasteiger partial charge in [0.1, 0.15) is 0 Å². The molecule has 0 aliphatic heterocycles. The maximum atomic E-state index is 3.92. The summed E-state index contributed by atoms with van der Waals surface area (Å²) >= 11 is 0. The number of hydrogen-bond donors (Lipinski definition) is 1. The Morgan fingerprint density at radius 3 is 2.23 bits per heavy atom. The molecule has 1 atom stereocenters. The summed E-state index contributed by atoms with van der Waals surface area (Å²) in [6.07, 6.45) is 5.10. The van der Waals surface area contributed by atoms with Crippen LogP contribution < -0.4 is 5.32 Å². The van der Waals surface area contributed by atoms with Crippen molar-refractivity contribution in [1.82, 2.24) is 0 Å². The summed E-state index contributed by atoms with van der Waals surface area (Å²) in [5.41, 5.74) is 13.0. The first kappa shape index (κ1) is 24.2. The number of aryl methyl sites for hydroxylation is 1. The first-order valence-electron chi connectivity index (χ1n) is 13.6. The van der Waals surface area contributed by atoms with E-state index in [2.05, 4.69) is 115 Å². The molecule has 0 saturated carbocycles. The van der Waals surface area contributed by atoms with Gasteiger partial charge in [0, 0.05) is 22.4 Å². The van der Waals surface area contributed by atoms with Crippen LogP contribution in [0.25, 0.3) is 11.1 Å². The first-order valence-corrected chi connectivity index (χ1v) is 13.6. The average Bonchev–Trinajstić information content (AvgIpc) is 3.05. The summed E-state index contributed by atoms with van der Waals surface area (Å²) < 4.78 is 0. The minimum absolute atomic E-state index is 0.0226. The van der Waals surface area contributed by atoms with Crippen molar-refractivity contribution in [3.63, 3.8) is 0 Å². The zero-order chi connectivity index (χ0) is 25.2. The van der Waals surface area contributed by atoms with Crippen LogP contribution in [0.3, 0.4) is 0 Å². The summed E-state index contributed by atoms with van der Waals surface area (Å²) in [5, 5.41) is 3.92. The number of hydrogen-bond acceptors (Lipinski definition) is 1. The van der Waals surface area contributed by atoms with E-state index in [1.54, 1.807) is 5.56 Å². The van der Waals surface area contributed by atoms with Crippen molar-refractivity contribution < 1.29 is 0 Å². The highest BCUT2D eigenvalue weighted by Gasteiger charge is 2.40. The Balaban J connectivity index is 1.59. The molecule has 3 aromatic rings. The number of fused-ring (bicyclic) bond motifs is 4. The molecule has 1 N–H and O–H groups in total. The fraction of sp³-hybridized carbons (Fsp3) is 0.471. The summed E-state index contributed by atoms with van der Waals surface area (Å²) in [6.45, 7) is 19.1. The van der Waals surface area contributed by atoms with Gasteiger partial charge in [-0.3, -0.25) is 0 Å². The van der Waals surface area contributed by atoms with Crippen LogP contribution in [0.2, 0.25) is 0 Å². The van der Waals surface area contributed by atoms with E-state index in [-0.39, 0.29) is 16.2 Å². The van der Waals surface area contributed by atoms with Gasteiger partial charge in [-0.2, -0.15) is 0 Å². The molecule has 0 saturated heterocycles. The van der Waals surface area contributed by atoms with Gasteiger partial charge in [0.15, 0.2) is 0 Å². The van der Waals surface area contributed by atoms with Crippen LogP contribution in [-0.2, 0) is 16.2 Å². The van der Waals surface area contributed by atoms with Crippen LogP contribution in [-0.4, -0.2) is 0 Å². The first-order chi connectivity index (χ1) is 16.4. The highest BCUT2D eigenvalue weighted by atomic mass is 14.9. The second kappa shape index (κ2) is 8.26. The van der Waals surface area contributed by atoms with Gasteiger partial charge in [-0.15, -0.1) is 0 Å². The molecule has 1 nitrogen and oxygen atoms in total. The Hall–Kier alpha value is -2.54. The summed E-state index contributed by atoms with van der Waals surface area (Å²) in [7, 11) is 0.